The average molecular weight is 245 g/mol. The van der Waals surface area contributed by atoms with E-state index in [2.05, 4.69) is 36.5 Å². The van der Waals surface area contributed by atoms with Crippen LogP contribution in [0.3, 0.4) is 0 Å². The van der Waals surface area contributed by atoms with Crippen LogP contribution in [0.4, 0.5) is 0 Å². The van der Waals surface area contributed by atoms with Crippen LogP contribution in [0.2, 0.25) is 0 Å². The van der Waals surface area contributed by atoms with Crippen molar-refractivity contribution in [3.63, 3.8) is 0 Å². The Morgan fingerprint density at radius 2 is 1.94 bits per heavy atom. The molecular weight excluding hydrogens is 222 g/mol. The van der Waals surface area contributed by atoms with E-state index in [1.165, 1.54) is 30.4 Å². The number of fused-ring (bicyclic) bond motifs is 1. The average Bonchev–Trinajstić information content (AvgIpc) is 3.01. The van der Waals surface area contributed by atoms with Gasteiger partial charge in [0.25, 0.3) is 0 Å². The first kappa shape index (κ1) is 12.2. The Morgan fingerprint density at radius 3 is 2.61 bits per heavy atom. The normalized spacial score (nSPS) is 27.6. The zero-order valence-electron chi connectivity index (χ0n) is 11.2. The second kappa shape index (κ2) is 5.41. The molecule has 2 heteroatoms. The zero-order valence-corrected chi connectivity index (χ0v) is 11.2. The fourth-order valence-corrected chi connectivity index (χ4v) is 3.40. The third-order valence-corrected chi connectivity index (χ3v) is 4.47. The van der Waals surface area contributed by atoms with E-state index in [9.17, 15) is 0 Å². The lowest BCUT2D eigenvalue weighted by atomic mass is 9.99. The highest BCUT2D eigenvalue weighted by molar-refractivity contribution is 5.33. The van der Waals surface area contributed by atoms with E-state index in [1.807, 2.05) is 0 Å². The van der Waals surface area contributed by atoms with Crippen LogP contribution in [0, 0.1) is 5.92 Å². The van der Waals surface area contributed by atoms with Gasteiger partial charge in [0, 0.05) is 19.2 Å². The minimum absolute atomic E-state index is 0.487. The first-order valence-electron chi connectivity index (χ1n) is 7.28. The Hall–Kier alpha value is -0.860. The molecule has 0 spiro atoms. The van der Waals surface area contributed by atoms with Crippen molar-refractivity contribution < 1.29 is 4.74 Å². The number of nitrogens with one attached hydrogen (secondary N) is 1. The van der Waals surface area contributed by atoms with Gasteiger partial charge >= 0.3 is 0 Å². The fourth-order valence-electron chi connectivity index (χ4n) is 3.40. The summed E-state index contributed by atoms with van der Waals surface area (Å²) in [6.07, 6.45) is 5.25. The Morgan fingerprint density at radius 1 is 1.22 bits per heavy atom. The van der Waals surface area contributed by atoms with Crippen molar-refractivity contribution in [2.24, 2.45) is 5.92 Å². The van der Waals surface area contributed by atoms with E-state index in [4.69, 9.17) is 4.74 Å². The Bertz CT molecular complexity index is 379. The number of rotatable bonds is 4. The van der Waals surface area contributed by atoms with Gasteiger partial charge in [-0.15, -0.1) is 0 Å². The van der Waals surface area contributed by atoms with Crippen LogP contribution in [-0.2, 0) is 17.6 Å². The Kier molecular flexibility index (Phi) is 3.67. The Labute approximate surface area is 110 Å². The van der Waals surface area contributed by atoms with E-state index in [-0.39, 0.29) is 0 Å². The van der Waals surface area contributed by atoms with Gasteiger partial charge in [0.05, 0.1) is 6.10 Å². The molecule has 3 rings (SSSR count). The van der Waals surface area contributed by atoms with Gasteiger partial charge in [-0.05, 0) is 42.7 Å². The minimum atomic E-state index is 0.487. The standard InChI is InChI=1S/C16H23NO/c1-2-16-14(7-8-18-16)11-17-15-9-12-5-3-4-6-13(12)10-15/h3-6,14-17H,2,7-11H2,1H3. The summed E-state index contributed by atoms with van der Waals surface area (Å²) in [5.41, 5.74) is 3.06. The monoisotopic (exact) mass is 245 g/mol. The lowest BCUT2D eigenvalue weighted by Gasteiger charge is -2.20. The van der Waals surface area contributed by atoms with Crippen LogP contribution >= 0.6 is 0 Å². The number of ether oxygens (including phenoxy) is 1. The molecule has 1 aliphatic carbocycles. The molecule has 1 N–H and O–H groups in total. The summed E-state index contributed by atoms with van der Waals surface area (Å²) in [7, 11) is 0. The number of benzene rings is 1. The molecule has 2 atom stereocenters. The zero-order chi connectivity index (χ0) is 12.4. The molecule has 0 amide bonds. The maximum atomic E-state index is 5.75. The van der Waals surface area contributed by atoms with E-state index >= 15 is 0 Å². The minimum Gasteiger partial charge on any atom is -0.378 e. The second-order valence-electron chi connectivity index (χ2n) is 5.65. The summed E-state index contributed by atoms with van der Waals surface area (Å²) in [6, 6.07) is 9.48. The van der Waals surface area contributed by atoms with Gasteiger partial charge in [0.15, 0.2) is 0 Å². The van der Waals surface area contributed by atoms with Crippen molar-refractivity contribution in [3.8, 4) is 0 Å². The third kappa shape index (κ3) is 2.45. The predicted octanol–water partition coefficient (Wildman–Crippen LogP) is 2.56. The first-order chi connectivity index (χ1) is 8.86. The summed E-state index contributed by atoms with van der Waals surface area (Å²) in [4.78, 5) is 0. The molecule has 2 nitrogen and oxygen atoms in total. The molecule has 0 saturated carbocycles. The molecule has 0 radical (unpaired) electrons. The third-order valence-electron chi connectivity index (χ3n) is 4.47. The van der Waals surface area contributed by atoms with Gasteiger partial charge in [-0.1, -0.05) is 31.2 Å². The molecular formula is C16H23NO. The largest absolute Gasteiger partial charge is 0.378 e. The number of hydrogen-bond donors (Lipinski definition) is 1. The van der Waals surface area contributed by atoms with Gasteiger partial charge in [-0.3, -0.25) is 0 Å². The van der Waals surface area contributed by atoms with Crippen LogP contribution in [0.5, 0.6) is 0 Å². The van der Waals surface area contributed by atoms with Gasteiger partial charge in [0.2, 0.25) is 0 Å². The maximum Gasteiger partial charge on any atom is 0.0613 e. The summed E-state index contributed by atoms with van der Waals surface area (Å²) in [6.45, 7) is 4.31. The molecule has 1 aromatic rings. The fraction of sp³-hybridized carbons (Fsp3) is 0.625. The molecule has 2 aliphatic rings. The second-order valence-corrected chi connectivity index (χ2v) is 5.65. The van der Waals surface area contributed by atoms with Crippen LogP contribution in [-0.4, -0.2) is 25.3 Å². The lowest BCUT2D eigenvalue weighted by Crippen LogP contribution is -2.36. The highest BCUT2D eigenvalue weighted by Gasteiger charge is 2.28. The summed E-state index contributed by atoms with van der Waals surface area (Å²) in [5.74, 6) is 0.721. The van der Waals surface area contributed by atoms with Gasteiger partial charge in [-0.25, -0.2) is 0 Å². The van der Waals surface area contributed by atoms with E-state index < -0.39 is 0 Å². The topological polar surface area (TPSA) is 21.3 Å². The molecule has 1 aliphatic heterocycles. The lowest BCUT2D eigenvalue weighted by molar-refractivity contribution is 0.0867. The van der Waals surface area contributed by atoms with Crippen LogP contribution < -0.4 is 5.32 Å². The maximum absolute atomic E-state index is 5.75. The van der Waals surface area contributed by atoms with Gasteiger partial charge in [0.1, 0.15) is 0 Å². The summed E-state index contributed by atoms with van der Waals surface area (Å²) in [5, 5.41) is 3.75. The summed E-state index contributed by atoms with van der Waals surface area (Å²) >= 11 is 0. The van der Waals surface area contributed by atoms with Crippen molar-refractivity contribution in [1.82, 2.24) is 5.32 Å². The molecule has 2 unspecified atom stereocenters. The molecule has 1 aromatic carbocycles. The van der Waals surface area contributed by atoms with E-state index in [0.29, 0.717) is 12.1 Å². The van der Waals surface area contributed by atoms with Crippen LogP contribution in [0.25, 0.3) is 0 Å². The van der Waals surface area contributed by atoms with Crippen molar-refractivity contribution in [2.75, 3.05) is 13.2 Å². The van der Waals surface area contributed by atoms with Gasteiger partial charge < -0.3 is 10.1 Å². The van der Waals surface area contributed by atoms with E-state index in [1.54, 1.807) is 0 Å². The van der Waals surface area contributed by atoms with Crippen molar-refractivity contribution in [2.45, 2.75) is 44.8 Å². The van der Waals surface area contributed by atoms with Gasteiger partial charge in [-0.2, -0.15) is 0 Å². The van der Waals surface area contributed by atoms with Crippen molar-refractivity contribution >= 4 is 0 Å². The highest BCUT2D eigenvalue weighted by atomic mass is 16.5. The van der Waals surface area contributed by atoms with Crippen LogP contribution in [0.1, 0.15) is 30.9 Å². The molecule has 0 aromatic heterocycles. The number of hydrogen-bond acceptors (Lipinski definition) is 2. The van der Waals surface area contributed by atoms with E-state index in [0.717, 1.165) is 25.5 Å². The molecule has 1 heterocycles. The molecule has 98 valence electrons. The highest BCUT2D eigenvalue weighted by Crippen LogP contribution is 2.25. The molecule has 18 heavy (non-hydrogen) atoms. The van der Waals surface area contributed by atoms with Crippen LogP contribution in [0.15, 0.2) is 24.3 Å². The van der Waals surface area contributed by atoms with Crippen molar-refractivity contribution in [1.29, 1.82) is 0 Å². The SMILES string of the molecule is CCC1OCCC1CNC1Cc2ccccc2C1. The van der Waals surface area contributed by atoms with Crippen molar-refractivity contribution in [3.05, 3.63) is 35.4 Å². The predicted molar refractivity (Wildman–Crippen MR) is 73.8 cm³/mol. The smallest absolute Gasteiger partial charge is 0.0613 e. The Balaban J connectivity index is 1.51. The molecule has 1 saturated heterocycles. The molecule has 1 fully saturated rings. The summed E-state index contributed by atoms with van der Waals surface area (Å²) < 4.78 is 5.75. The quantitative estimate of drug-likeness (QED) is 0.880. The molecule has 0 bridgehead atoms. The first-order valence-corrected chi connectivity index (χ1v) is 7.28.